The summed E-state index contributed by atoms with van der Waals surface area (Å²) in [4.78, 5) is 17.1. The fourth-order valence-corrected chi connectivity index (χ4v) is 4.41. The number of aliphatic hydroxyl groups excluding tert-OH is 1. The van der Waals surface area contributed by atoms with Gasteiger partial charge in [0.05, 0.1) is 31.5 Å². The minimum atomic E-state index is -5.25. The van der Waals surface area contributed by atoms with E-state index in [9.17, 15) is 28.2 Å². The van der Waals surface area contributed by atoms with Crippen molar-refractivity contribution in [2.45, 2.75) is 44.1 Å². The summed E-state index contributed by atoms with van der Waals surface area (Å²) in [6.07, 6.45) is -6.29. The highest BCUT2D eigenvalue weighted by Gasteiger charge is 2.57. The van der Waals surface area contributed by atoms with Crippen LogP contribution in [0.4, 0.5) is 13.2 Å². The van der Waals surface area contributed by atoms with E-state index in [1.165, 1.54) is 32.2 Å². The third kappa shape index (κ3) is 6.26. The van der Waals surface area contributed by atoms with Crippen LogP contribution < -0.4 is 20.5 Å². The number of aromatic nitrogens is 1. The number of fused-ring (bicyclic) bond motifs is 1. The summed E-state index contributed by atoms with van der Waals surface area (Å²) < 4.78 is 59.7. The van der Waals surface area contributed by atoms with Gasteiger partial charge in [-0.3, -0.25) is 4.79 Å². The Labute approximate surface area is 239 Å². The topological polar surface area (TPSA) is 136 Å². The molecule has 13 heteroatoms. The van der Waals surface area contributed by atoms with Crippen molar-refractivity contribution in [3.8, 4) is 22.8 Å². The summed E-state index contributed by atoms with van der Waals surface area (Å²) in [5, 5.41) is 23.0. The number of ether oxygens (including phenoxy) is 3. The molecule has 9 nitrogen and oxygen atoms in total. The second-order valence-electron chi connectivity index (χ2n) is 9.92. The summed E-state index contributed by atoms with van der Waals surface area (Å²) in [5.74, 6) is -0.485. The number of pyridine rings is 1. The van der Waals surface area contributed by atoms with Gasteiger partial charge in [-0.05, 0) is 44.2 Å². The Bertz CT molecular complexity index is 1430. The van der Waals surface area contributed by atoms with Gasteiger partial charge in [-0.15, -0.1) is 0 Å². The molecule has 2 unspecified atom stereocenters. The van der Waals surface area contributed by atoms with Crippen LogP contribution >= 0.6 is 11.6 Å². The molecule has 1 aliphatic heterocycles. The fourth-order valence-electron chi connectivity index (χ4n) is 4.28. The van der Waals surface area contributed by atoms with Crippen molar-refractivity contribution in [3.63, 3.8) is 0 Å². The molecule has 3 aromatic rings. The monoisotopic (exact) mass is 595 g/mol. The van der Waals surface area contributed by atoms with E-state index in [0.717, 1.165) is 6.07 Å². The lowest BCUT2D eigenvalue weighted by atomic mass is 9.89. The lowest BCUT2D eigenvalue weighted by Crippen LogP contribution is -2.51. The van der Waals surface area contributed by atoms with Gasteiger partial charge in [0.25, 0.3) is 5.91 Å². The number of halogens is 4. The number of carbonyl (C=O) groups excluding carboxylic acids is 1. The van der Waals surface area contributed by atoms with Crippen LogP contribution in [-0.2, 0) is 22.5 Å². The summed E-state index contributed by atoms with van der Waals surface area (Å²) in [7, 11) is 1.35. The van der Waals surface area contributed by atoms with Gasteiger partial charge in [0, 0.05) is 27.3 Å². The molecule has 2 heterocycles. The van der Waals surface area contributed by atoms with Crippen LogP contribution in [0.5, 0.6) is 11.5 Å². The van der Waals surface area contributed by atoms with E-state index in [-0.39, 0.29) is 41.5 Å². The van der Waals surface area contributed by atoms with Gasteiger partial charge in [-0.1, -0.05) is 29.8 Å². The highest BCUT2D eigenvalue weighted by molar-refractivity contribution is 6.30. The van der Waals surface area contributed by atoms with Gasteiger partial charge in [0.1, 0.15) is 18.1 Å². The molecule has 1 aliphatic rings. The van der Waals surface area contributed by atoms with Crippen LogP contribution in [0.25, 0.3) is 11.3 Å². The van der Waals surface area contributed by atoms with Crippen LogP contribution in [0.3, 0.4) is 0 Å². The molecule has 0 spiro atoms. The molecule has 4 rings (SSSR count). The molecule has 1 aromatic heterocycles. The number of hydrogen-bond acceptors (Lipinski definition) is 8. The Morgan fingerprint density at radius 3 is 2.54 bits per heavy atom. The number of benzene rings is 2. The van der Waals surface area contributed by atoms with Crippen molar-refractivity contribution < 1.29 is 42.4 Å². The predicted octanol–water partition coefficient (Wildman–Crippen LogP) is 4.01. The zero-order chi connectivity index (χ0) is 30.2. The summed E-state index contributed by atoms with van der Waals surface area (Å²) >= 11 is 5.98. The molecule has 0 bridgehead atoms. The first-order chi connectivity index (χ1) is 19.2. The van der Waals surface area contributed by atoms with E-state index in [4.69, 9.17) is 31.5 Å². The molecule has 41 heavy (non-hydrogen) atoms. The Kier molecular flexibility index (Phi) is 8.53. The number of carbonyl (C=O) groups is 1. The SMILES string of the molecule is COc1cc(C(=O)NCC(O)(c2cc3c(c(-c4ccc(Cl)cc4)n2)OCC3(C)N)C(F)(F)F)ccc1CO[C@@H](C)O. The lowest BCUT2D eigenvalue weighted by Gasteiger charge is -2.31. The molecule has 0 aliphatic carbocycles. The first kappa shape index (κ1) is 30.5. The third-order valence-electron chi connectivity index (χ3n) is 6.65. The molecule has 220 valence electrons. The van der Waals surface area contributed by atoms with Gasteiger partial charge in [-0.2, -0.15) is 13.2 Å². The van der Waals surface area contributed by atoms with Gasteiger partial charge in [-0.25, -0.2) is 4.98 Å². The molecular weight excluding hydrogens is 567 g/mol. The quantitative estimate of drug-likeness (QED) is 0.273. The molecule has 2 aromatic carbocycles. The third-order valence-corrected chi connectivity index (χ3v) is 6.90. The number of nitrogens with two attached hydrogens (primary N) is 1. The number of methoxy groups -OCH3 is 1. The average molecular weight is 596 g/mol. The Morgan fingerprint density at radius 2 is 1.93 bits per heavy atom. The van der Waals surface area contributed by atoms with E-state index < -0.39 is 41.8 Å². The van der Waals surface area contributed by atoms with Crippen molar-refractivity contribution in [2.24, 2.45) is 5.73 Å². The predicted molar refractivity (Wildman–Crippen MR) is 143 cm³/mol. The van der Waals surface area contributed by atoms with Crippen LogP contribution in [0.2, 0.25) is 5.02 Å². The lowest BCUT2D eigenvalue weighted by molar-refractivity contribution is -0.265. The number of rotatable bonds is 9. The van der Waals surface area contributed by atoms with Crippen LogP contribution in [0.15, 0.2) is 48.5 Å². The van der Waals surface area contributed by atoms with E-state index in [1.54, 1.807) is 31.2 Å². The van der Waals surface area contributed by atoms with Crippen molar-refractivity contribution >= 4 is 17.5 Å². The normalized spacial score (nSPS) is 18.7. The Balaban J connectivity index is 1.70. The van der Waals surface area contributed by atoms with Gasteiger partial charge in [0.2, 0.25) is 5.60 Å². The largest absolute Gasteiger partial charge is 0.496 e. The number of aliphatic hydroxyl groups is 2. The van der Waals surface area contributed by atoms with Crippen molar-refractivity contribution in [3.05, 3.63) is 75.9 Å². The zero-order valence-corrected chi connectivity index (χ0v) is 23.1. The van der Waals surface area contributed by atoms with Crippen LogP contribution in [-0.4, -0.2) is 53.8 Å². The molecular formula is C28H29ClF3N3O6. The van der Waals surface area contributed by atoms with E-state index >= 15 is 0 Å². The van der Waals surface area contributed by atoms with Gasteiger partial charge >= 0.3 is 6.18 Å². The molecule has 5 N–H and O–H groups in total. The zero-order valence-electron chi connectivity index (χ0n) is 22.4. The standard InChI is InChI=1S/C28H29ClF3N3O6/c1-15(36)40-12-18-5-4-17(10-21(18)39-3)25(37)34-13-27(38,28(30,31)32)22-11-20-24(41-14-26(20,2)33)23(35-22)16-6-8-19(29)9-7-16/h4-11,15,36,38H,12-14,33H2,1-3H3,(H,34,37)/t15-,26?,27?/m0/s1. The molecule has 1 amide bonds. The number of hydrogen-bond donors (Lipinski definition) is 4. The Hall–Kier alpha value is -3.42. The second-order valence-corrected chi connectivity index (χ2v) is 10.4. The minimum Gasteiger partial charge on any atom is -0.496 e. The Morgan fingerprint density at radius 1 is 1.24 bits per heavy atom. The second kappa shape index (κ2) is 11.5. The molecule has 0 saturated carbocycles. The smallest absolute Gasteiger partial charge is 0.424 e. The van der Waals surface area contributed by atoms with Crippen molar-refractivity contribution in [1.29, 1.82) is 0 Å². The van der Waals surface area contributed by atoms with E-state index in [0.29, 0.717) is 16.1 Å². The highest BCUT2D eigenvalue weighted by atomic mass is 35.5. The minimum absolute atomic E-state index is 0.0185. The number of nitrogens with zero attached hydrogens (tertiary/aromatic N) is 1. The maximum absolute atomic E-state index is 14.5. The van der Waals surface area contributed by atoms with Gasteiger partial charge in [0.15, 0.2) is 12.0 Å². The van der Waals surface area contributed by atoms with Crippen LogP contribution in [0.1, 0.15) is 41.0 Å². The number of alkyl halides is 3. The van der Waals surface area contributed by atoms with Crippen molar-refractivity contribution in [2.75, 3.05) is 20.3 Å². The van der Waals surface area contributed by atoms with Crippen molar-refractivity contribution in [1.82, 2.24) is 10.3 Å². The maximum Gasteiger partial charge on any atom is 0.424 e. The molecule has 0 radical (unpaired) electrons. The maximum atomic E-state index is 14.5. The first-order valence-corrected chi connectivity index (χ1v) is 12.8. The highest BCUT2D eigenvalue weighted by Crippen LogP contribution is 2.46. The molecule has 0 saturated heterocycles. The average Bonchev–Trinajstić information content (AvgIpc) is 3.23. The fraction of sp³-hybridized carbons (Fsp3) is 0.357. The summed E-state index contributed by atoms with van der Waals surface area (Å²) in [6, 6.07) is 11.4. The van der Waals surface area contributed by atoms with Gasteiger partial charge < -0.3 is 35.5 Å². The summed E-state index contributed by atoms with van der Waals surface area (Å²) in [6.45, 7) is 1.71. The van der Waals surface area contributed by atoms with E-state index in [2.05, 4.69) is 10.3 Å². The number of nitrogens with one attached hydrogen (secondary N) is 1. The first-order valence-electron chi connectivity index (χ1n) is 12.4. The molecule has 0 fully saturated rings. The van der Waals surface area contributed by atoms with Crippen LogP contribution in [0, 0.1) is 0 Å². The number of amides is 1. The molecule has 3 atom stereocenters. The van der Waals surface area contributed by atoms with E-state index in [1.807, 2.05) is 0 Å². The summed E-state index contributed by atoms with van der Waals surface area (Å²) in [5.41, 5.74) is 1.92.